The summed E-state index contributed by atoms with van der Waals surface area (Å²) in [6, 6.07) is 3.68. The Morgan fingerprint density at radius 2 is 1.67 bits per heavy atom. The first-order valence-corrected chi connectivity index (χ1v) is 5.30. The molecule has 12 heavy (non-hydrogen) atoms. The molecule has 0 fully saturated rings. The van der Waals surface area contributed by atoms with Crippen LogP contribution in [0.5, 0.6) is 0 Å². The Hall–Kier alpha value is 0.130. The summed E-state index contributed by atoms with van der Waals surface area (Å²) < 4.78 is 2.52. The predicted octanol–water partition coefficient (Wildman–Crippen LogP) is 3.45. The van der Waals surface area contributed by atoms with Crippen molar-refractivity contribution in [1.82, 2.24) is 0 Å². The van der Waals surface area contributed by atoms with Crippen LogP contribution in [0.2, 0.25) is 0 Å². The second kappa shape index (κ2) is 4.39. The summed E-state index contributed by atoms with van der Waals surface area (Å²) in [7, 11) is 0. The van der Waals surface area contributed by atoms with Gasteiger partial charge in [0, 0.05) is 13.4 Å². The lowest BCUT2D eigenvalue weighted by molar-refractivity contribution is 0.561. The third-order valence-electron chi connectivity index (χ3n) is 1.18. The predicted molar refractivity (Wildman–Crippen MR) is 58.9 cm³/mol. The van der Waals surface area contributed by atoms with Crippen molar-refractivity contribution >= 4 is 59.9 Å². The first-order chi connectivity index (χ1) is 5.65. The largest absolute Gasteiger partial charge is 0.316 e. The van der Waals surface area contributed by atoms with E-state index in [1.807, 2.05) is 12.1 Å². The number of hydrogen-bond donors (Lipinski definition) is 1. The zero-order chi connectivity index (χ0) is 9.14. The van der Waals surface area contributed by atoms with Crippen LogP contribution in [0.3, 0.4) is 0 Å². The van der Waals surface area contributed by atoms with E-state index >= 15 is 0 Å². The van der Waals surface area contributed by atoms with Gasteiger partial charge >= 0.3 is 6.41 Å². The molecule has 2 nitrogen and oxygen atoms in total. The summed E-state index contributed by atoms with van der Waals surface area (Å²) >= 11 is 9.91. The van der Waals surface area contributed by atoms with E-state index in [4.69, 9.17) is 0 Å². The first kappa shape index (κ1) is 10.2. The Kier molecular flexibility index (Phi) is 3.74. The third-order valence-corrected chi connectivity index (χ3v) is 2.89. The van der Waals surface area contributed by atoms with Gasteiger partial charge in [0.05, 0.1) is 5.69 Å². The molecule has 0 aliphatic heterocycles. The normalized spacial score (nSPS) is 9.58. The minimum atomic E-state index is 0.674. The molecule has 0 spiro atoms. The van der Waals surface area contributed by atoms with Crippen molar-refractivity contribution in [3.8, 4) is 0 Å². The van der Waals surface area contributed by atoms with E-state index < -0.39 is 0 Å². The molecule has 0 bridgehead atoms. The van der Waals surface area contributed by atoms with E-state index in [1.54, 1.807) is 6.41 Å². The molecule has 0 saturated carbocycles. The Bertz CT molecular complexity index is 291. The average molecular weight is 357 g/mol. The number of benzene rings is 1. The maximum Gasteiger partial charge on any atom is 0.314 e. The van der Waals surface area contributed by atoms with Crippen LogP contribution in [0, 0.1) is 0 Å². The molecule has 0 saturated heterocycles. The molecule has 1 rings (SSSR count). The SMILES string of the molecule is O=[C]Nc1c(Br)cc(Br)cc1Br. The molecule has 1 N–H and O–H groups in total. The second-order valence-corrected chi connectivity index (χ2v) is 4.60. The van der Waals surface area contributed by atoms with Crippen LogP contribution in [0.25, 0.3) is 0 Å². The molecule has 0 aromatic heterocycles. The highest BCUT2D eigenvalue weighted by molar-refractivity contribution is 9.11. The van der Waals surface area contributed by atoms with Crippen molar-refractivity contribution in [3.63, 3.8) is 0 Å². The molecule has 63 valence electrons. The lowest BCUT2D eigenvalue weighted by Gasteiger charge is -2.04. The van der Waals surface area contributed by atoms with E-state index in [-0.39, 0.29) is 0 Å². The maximum absolute atomic E-state index is 10.1. The van der Waals surface area contributed by atoms with Gasteiger partial charge in [-0.15, -0.1) is 0 Å². The molecule has 0 atom stereocenters. The second-order valence-electron chi connectivity index (χ2n) is 1.97. The van der Waals surface area contributed by atoms with E-state index in [9.17, 15) is 4.79 Å². The van der Waals surface area contributed by atoms with Gasteiger partial charge in [0.2, 0.25) is 0 Å². The zero-order valence-electron chi connectivity index (χ0n) is 5.70. The van der Waals surface area contributed by atoms with Crippen LogP contribution >= 0.6 is 47.8 Å². The lowest BCUT2D eigenvalue weighted by atomic mass is 10.3. The molecule has 1 amide bonds. The van der Waals surface area contributed by atoms with Gasteiger partial charge in [-0.2, -0.15) is 0 Å². The van der Waals surface area contributed by atoms with E-state index in [0.717, 1.165) is 13.4 Å². The summed E-state index contributed by atoms with van der Waals surface area (Å²) in [4.78, 5) is 10.1. The van der Waals surface area contributed by atoms with E-state index in [2.05, 4.69) is 53.1 Å². The number of nitrogens with one attached hydrogen (secondary N) is 1. The summed E-state index contributed by atoms with van der Waals surface area (Å²) in [5.74, 6) is 0. The molecular weight excluding hydrogens is 354 g/mol. The maximum atomic E-state index is 10.1. The molecule has 0 heterocycles. The number of halogens is 3. The van der Waals surface area contributed by atoms with Gasteiger partial charge in [-0.05, 0) is 44.0 Å². The Balaban J connectivity index is 3.18. The van der Waals surface area contributed by atoms with Crippen molar-refractivity contribution in [1.29, 1.82) is 0 Å². The number of amides is 1. The van der Waals surface area contributed by atoms with Crippen LogP contribution in [-0.4, -0.2) is 6.41 Å². The summed E-state index contributed by atoms with van der Waals surface area (Å²) in [5, 5.41) is 2.45. The van der Waals surface area contributed by atoms with Gasteiger partial charge in [-0.3, -0.25) is 4.79 Å². The minimum absolute atomic E-state index is 0.674. The Morgan fingerprint density at radius 1 is 1.17 bits per heavy atom. The smallest absolute Gasteiger partial charge is 0.314 e. The highest BCUT2D eigenvalue weighted by Crippen LogP contribution is 2.33. The summed E-state index contributed by atoms with van der Waals surface area (Å²) in [6.45, 7) is 0. The molecule has 1 radical (unpaired) electrons. The zero-order valence-corrected chi connectivity index (χ0v) is 10.5. The van der Waals surface area contributed by atoms with Gasteiger partial charge in [-0.25, -0.2) is 0 Å². The number of carbonyl (C=O) groups excluding carboxylic acids is 1. The van der Waals surface area contributed by atoms with Gasteiger partial charge in [-0.1, -0.05) is 15.9 Å². The summed E-state index contributed by atoms with van der Waals surface area (Å²) in [6.07, 6.45) is 1.61. The fourth-order valence-electron chi connectivity index (χ4n) is 0.713. The average Bonchev–Trinajstić information content (AvgIpc) is 1.96. The minimum Gasteiger partial charge on any atom is -0.316 e. The van der Waals surface area contributed by atoms with E-state index in [0.29, 0.717) is 5.69 Å². The monoisotopic (exact) mass is 354 g/mol. The molecule has 0 aliphatic carbocycles. The van der Waals surface area contributed by atoms with Gasteiger partial charge in [0.25, 0.3) is 0 Å². The topological polar surface area (TPSA) is 29.1 Å². The highest BCUT2D eigenvalue weighted by atomic mass is 79.9. The van der Waals surface area contributed by atoms with Crippen LogP contribution in [0.15, 0.2) is 25.6 Å². The summed E-state index contributed by atoms with van der Waals surface area (Å²) in [5.41, 5.74) is 0.674. The first-order valence-electron chi connectivity index (χ1n) is 2.93. The van der Waals surface area contributed by atoms with Crippen molar-refractivity contribution in [2.75, 3.05) is 5.32 Å². The fourth-order valence-corrected chi connectivity index (χ4v) is 3.17. The quantitative estimate of drug-likeness (QED) is 0.808. The van der Waals surface area contributed by atoms with Gasteiger partial charge < -0.3 is 5.32 Å². The number of rotatable bonds is 2. The van der Waals surface area contributed by atoms with Gasteiger partial charge in [0.1, 0.15) is 0 Å². The van der Waals surface area contributed by atoms with Crippen LogP contribution < -0.4 is 5.32 Å². The van der Waals surface area contributed by atoms with Crippen molar-refractivity contribution in [3.05, 3.63) is 25.6 Å². The number of hydrogen-bond acceptors (Lipinski definition) is 1. The Morgan fingerprint density at radius 3 is 2.08 bits per heavy atom. The van der Waals surface area contributed by atoms with E-state index in [1.165, 1.54) is 0 Å². The molecule has 5 heteroatoms. The standard InChI is InChI=1S/C7H3Br3NO/c8-4-1-5(9)7(11-3-12)6(10)2-4/h1-2H,(H,11,12). The molecule has 1 aromatic rings. The van der Waals surface area contributed by atoms with Crippen LogP contribution in [0.1, 0.15) is 0 Å². The van der Waals surface area contributed by atoms with Crippen molar-refractivity contribution in [2.24, 2.45) is 0 Å². The van der Waals surface area contributed by atoms with Gasteiger partial charge in [0.15, 0.2) is 0 Å². The Labute approximate surface area is 95.1 Å². The van der Waals surface area contributed by atoms with Crippen molar-refractivity contribution in [2.45, 2.75) is 0 Å². The third kappa shape index (κ3) is 2.31. The fraction of sp³-hybridized carbons (Fsp3) is 0. The van der Waals surface area contributed by atoms with Crippen LogP contribution in [-0.2, 0) is 4.79 Å². The molecular formula is C7H3Br3NO. The lowest BCUT2D eigenvalue weighted by Crippen LogP contribution is -1.95. The molecule has 1 aromatic carbocycles. The van der Waals surface area contributed by atoms with Crippen molar-refractivity contribution < 1.29 is 4.79 Å². The molecule has 0 aliphatic rings. The molecule has 0 unspecified atom stereocenters. The highest BCUT2D eigenvalue weighted by Gasteiger charge is 2.05. The van der Waals surface area contributed by atoms with Crippen LogP contribution in [0.4, 0.5) is 5.69 Å². The number of anilines is 1.